The zero-order valence-electron chi connectivity index (χ0n) is 8.25. The molecule has 3 N–H and O–H groups in total. The van der Waals surface area contributed by atoms with Crippen LogP contribution in [0.4, 0.5) is 4.79 Å². The Morgan fingerprint density at radius 3 is 3.08 bits per heavy atom. The van der Waals surface area contributed by atoms with Gasteiger partial charge in [0.2, 0.25) is 0 Å². The first-order chi connectivity index (χ1) is 6.24. The topological polar surface area (TPSA) is 58.4 Å². The minimum atomic E-state index is -0.269. The van der Waals surface area contributed by atoms with Gasteiger partial charge >= 0.3 is 6.03 Å². The van der Waals surface area contributed by atoms with Gasteiger partial charge < -0.3 is 16.0 Å². The molecule has 0 bridgehead atoms. The van der Waals surface area contributed by atoms with Crippen LogP contribution in [0.5, 0.6) is 0 Å². The predicted octanol–water partition coefficient (Wildman–Crippen LogP) is 0.387. The summed E-state index contributed by atoms with van der Waals surface area (Å²) in [5, 5.41) is 3.12. The van der Waals surface area contributed by atoms with E-state index in [1.54, 1.807) is 4.90 Å². The Kier molecular flexibility index (Phi) is 4.02. The van der Waals surface area contributed by atoms with Crippen LogP contribution >= 0.6 is 0 Å². The van der Waals surface area contributed by atoms with Gasteiger partial charge in [-0.25, -0.2) is 4.79 Å². The molecule has 0 spiro atoms. The average Bonchev–Trinajstić information content (AvgIpc) is 2.15. The normalized spacial score (nSPS) is 23.2. The molecule has 1 rings (SSSR count). The molecule has 1 heterocycles. The Labute approximate surface area is 79.5 Å². The monoisotopic (exact) mass is 185 g/mol. The molecule has 1 saturated heterocycles. The summed E-state index contributed by atoms with van der Waals surface area (Å²) in [5.41, 5.74) is 5.23. The third-order valence-electron chi connectivity index (χ3n) is 2.63. The van der Waals surface area contributed by atoms with Crippen molar-refractivity contribution in [1.29, 1.82) is 0 Å². The summed E-state index contributed by atoms with van der Waals surface area (Å²) in [6, 6.07) is -0.269. The quantitative estimate of drug-likeness (QED) is 0.668. The Balaban J connectivity index is 2.29. The maximum absolute atomic E-state index is 10.9. The second kappa shape index (κ2) is 5.07. The van der Waals surface area contributed by atoms with Gasteiger partial charge in [-0.2, -0.15) is 0 Å². The third-order valence-corrected chi connectivity index (χ3v) is 2.63. The fourth-order valence-corrected chi connectivity index (χ4v) is 1.85. The molecular formula is C9H19N3O. The van der Waals surface area contributed by atoms with Crippen molar-refractivity contribution >= 4 is 6.03 Å². The molecular weight excluding hydrogens is 166 g/mol. The molecule has 1 atom stereocenters. The van der Waals surface area contributed by atoms with E-state index in [1.165, 1.54) is 6.42 Å². The number of urea groups is 1. The molecule has 1 aliphatic heterocycles. The van der Waals surface area contributed by atoms with Gasteiger partial charge in [-0.15, -0.1) is 0 Å². The summed E-state index contributed by atoms with van der Waals surface area (Å²) in [4.78, 5) is 12.7. The van der Waals surface area contributed by atoms with E-state index in [4.69, 9.17) is 5.73 Å². The summed E-state index contributed by atoms with van der Waals surface area (Å²) in [6.07, 6.45) is 3.46. The van der Waals surface area contributed by atoms with Crippen LogP contribution in [0.25, 0.3) is 0 Å². The van der Waals surface area contributed by atoms with E-state index in [0.29, 0.717) is 5.92 Å². The second-order valence-corrected chi connectivity index (χ2v) is 3.68. The highest BCUT2D eigenvalue weighted by Gasteiger charge is 2.21. The number of nitrogens with two attached hydrogens (primary N) is 1. The molecule has 76 valence electrons. The van der Waals surface area contributed by atoms with Crippen LogP contribution in [0.15, 0.2) is 0 Å². The average molecular weight is 185 g/mol. The van der Waals surface area contributed by atoms with Gasteiger partial charge in [0, 0.05) is 13.1 Å². The Bertz CT molecular complexity index is 172. The minimum Gasteiger partial charge on any atom is -0.351 e. The number of hydrogen-bond donors (Lipinski definition) is 2. The second-order valence-electron chi connectivity index (χ2n) is 3.68. The molecule has 0 aromatic rings. The molecule has 0 aliphatic carbocycles. The van der Waals surface area contributed by atoms with E-state index in [-0.39, 0.29) is 6.03 Å². The van der Waals surface area contributed by atoms with Gasteiger partial charge in [0.15, 0.2) is 0 Å². The van der Waals surface area contributed by atoms with Crippen molar-refractivity contribution in [1.82, 2.24) is 10.2 Å². The summed E-state index contributed by atoms with van der Waals surface area (Å²) < 4.78 is 0. The lowest BCUT2D eigenvalue weighted by Crippen LogP contribution is -2.43. The van der Waals surface area contributed by atoms with Gasteiger partial charge in [0.25, 0.3) is 0 Å². The summed E-state index contributed by atoms with van der Waals surface area (Å²) in [5.74, 6) is 0.633. The lowest BCUT2D eigenvalue weighted by Gasteiger charge is -2.31. The van der Waals surface area contributed by atoms with Crippen molar-refractivity contribution in [3.05, 3.63) is 0 Å². The van der Waals surface area contributed by atoms with Crippen LogP contribution < -0.4 is 11.1 Å². The van der Waals surface area contributed by atoms with Crippen LogP contribution in [0, 0.1) is 5.92 Å². The highest BCUT2D eigenvalue weighted by Crippen LogP contribution is 2.18. The Morgan fingerprint density at radius 2 is 2.46 bits per heavy atom. The van der Waals surface area contributed by atoms with Gasteiger partial charge in [-0.1, -0.05) is 0 Å². The van der Waals surface area contributed by atoms with Gasteiger partial charge in [0.05, 0.1) is 0 Å². The van der Waals surface area contributed by atoms with E-state index in [2.05, 4.69) is 5.32 Å². The van der Waals surface area contributed by atoms with Crippen LogP contribution in [0.3, 0.4) is 0 Å². The molecule has 2 amide bonds. The molecule has 1 unspecified atom stereocenters. The first kappa shape index (κ1) is 10.3. The van der Waals surface area contributed by atoms with Crippen LogP contribution in [-0.2, 0) is 0 Å². The molecule has 4 heteroatoms. The molecule has 0 aromatic heterocycles. The number of carbonyl (C=O) groups excluding carboxylic acids is 1. The summed E-state index contributed by atoms with van der Waals surface area (Å²) in [7, 11) is 1.95. The molecule has 1 fully saturated rings. The molecule has 1 aliphatic rings. The predicted molar refractivity (Wildman–Crippen MR) is 52.4 cm³/mol. The van der Waals surface area contributed by atoms with Crippen molar-refractivity contribution in [2.24, 2.45) is 11.7 Å². The minimum absolute atomic E-state index is 0.269. The number of likely N-dealkylation sites (tertiary alicyclic amines) is 1. The van der Waals surface area contributed by atoms with Gasteiger partial charge in [0.1, 0.15) is 0 Å². The third kappa shape index (κ3) is 3.22. The first-order valence-electron chi connectivity index (χ1n) is 4.93. The number of nitrogens with one attached hydrogen (secondary N) is 1. The van der Waals surface area contributed by atoms with Crippen LogP contribution in [0.1, 0.15) is 19.3 Å². The Morgan fingerprint density at radius 1 is 1.69 bits per heavy atom. The zero-order chi connectivity index (χ0) is 9.68. The van der Waals surface area contributed by atoms with Crippen LogP contribution in [0.2, 0.25) is 0 Å². The highest BCUT2D eigenvalue weighted by molar-refractivity contribution is 5.72. The fourth-order valence-electron chi connectivity index (χ4n) is 1.85. The van der Waals surface area contributed by atoms with Crippen LogP contribution in [-0.4, -0.2) is 37.6 Å². The molecule has 0 saturated carbocycles. The van der Waals surface area contributed by atoms with Crippen molar-refractivity contribution in [2.45, 2.75) is 19.3 Å². The number of amides is 2. The SMILES string of the molecule is CNCCC1CCCN(C(N)=O)C1. The molecule has 13 heavy (non-hydrogen) atoms. The number of hydrogen-bond acceptors (Lipinski definition) is 2. The lowest BCUT2D eigenvalue weighted by molar-refractivity contribution is 0.170. The standard InChI is InChI=1S/C9H19N3O/c1-11-5-4-8-3-2-6-12(7-8)9(10)13/h8,11H,2-7H2,1H3,(H2,10,13). The number of piperidine rings is 1. The zero-order valence-corrected chi connectivity index (χ0v) is 8.25. The number of primary amides is 1. The van der Waals surface area contributed by atoms with E-state index in [0.717, 1.165) is 32.5 Å². The maximum Gasteiger partial charge on any atom is 0.314 e. The van der Waals surface area contributed by atoms with Crippen molar-refractivity contribution in [2.75, 3.05) is 26.7 Å². The molecule has 4 nitrogen and oxygen atoms in total. The van der Waals surface area contributed by atoms with Gasteiger partial charge in [-0.3, -0.25) is 0 Å². The highest BCUT2D eigenvalue weighted by atomic mass is 16.2. The maximum atomic E-state index is 10.9. The largest absolute Gasteiger partial charge is 0.351 e. The fraction of sp³-hybridized carbons (Fsp3) is 0.889. The first-order valence-corrected chi connectivity index (χ1v) is 4.93. The van der Waals surface area contributed by atoms with E-state index >= 15 is 0 Å². The lowest BCUT2D eigenvalue weighted by atomic mass is 9.95. The van der Waals surface area contributed by atoms with Gasteiger partial charge in [-0.05, 0) is 38.8 Å². The number of carbonyl (C=O) groups is 1. The summed E-state index contributed by atoms with van der Waals surface area (Å²) >= 11 is 0. The smallest absolute Gasteiger partial charge is 0.314 e. The number of rotatable bonds is 3. The van der Waals surface area contributed by atoms with E-state index < -0.39 is 0 Å². The molecule has 0 aromatic carbocycles. The van der Waals surface area contributed by atoms with Crippen molar-refractivity contribution in [3.8, 4) is 0 Å². The van der Waals surface area contributed by atoms with Crippen molar-refractivity contribution < 1.29 is 4.79 Å². The van der Waals surface area contributed by atoms with E-state index in [1.807, 2.05) is 7.05 Å². The summed E-state index contributed by atoms with van der Waals surface area (Å²) in [6.45, 7) is 2.71. The van der Waals surface area contributed by atoms with Crippen molar-refractivity contribution in [3.63, 3.8) is 0 Å². The Hall–Kier alpha value is -0.770. The van der Waals surface area contributed by atoms with E-state index in [9.17, 15) is 4.79 Å². The number of nitrogens with zero attached hydrogens (tertiary/aromatic N) is 1. The molecule has 0 radical (unpaired) electrons.